The molecule has 0 saturated carbocycles. The number of ether oxygens (including phenoxy) is 1. The molecule has 0 atom stereocenters. The molecule has 4 heterocycles. The Morgan fingerprint density at radius 3 is 2.57 bits per heavy atom. The Balaban J connectivity index is 1.26. The van der Waals surface area contributed by atoms with Gasteiger partial charge in [-0.3, -0.25) is 4.98 Å². The van der Waals surface area contributed by atoms with E-state index in [2.05, 4.69) is 26.8 Å². The van der Waals surface area contributed by atoms with E-state index in [4.69, 9.17) is 32.8 Å². The summed E-state index contributed by atoms with van der Waals surface area (Å²) in [6.45, 7) is 4.63. The third-order valence-corrected chi connectivity index (χ3v) is 7.06. The number of pyridine rings is 1. The van der Waals surface area contributed by atoms with Crippen LogP contribution in [-0.4, -0.2) is 53.1 Å². The third-order valence-electron chi connectivity index (χ3n) is 6.77. The SMILES string of the molecule is CN1CC2(C1)CN(c1cc3nc(-c4ccc(OCc5ccccn5)c(Cl)c4)nc(N)c3cc1N)C2. The van der Waals surface area contributed by atoms with Crippen molar-refractivity contribution in [3.63, 3.8) is 0 Å². The van der Waals surface area contributed by atoms with Gasteiger partial charge < -0.3 is 26.0 Å². The van der Waals surface area contributed by atoms with Crippen LogP contribution in [-0.2, 0) is 6.61 Å². The summed E-state index contributed by atoms with van der Waals surface area (Å²) in [5.41, 5.74) is 17.2. The average molecular weight is 488 g/mol. The van der Waals surface area contributed by atoms with Crippen LogP contribution in [0.3, 0.4) is 0 Å². The number of benzene rings is 2. The Morgan fingerprint density at radius 2 is 1.86 bits per heavy atom. The molecule has 4 aromatic rings. The second-order valence-electron chi connectivity index (χ2n) is 9.64. The molecule has 2 aromatic heterocycles. The number of nitrogens with two attached hydrogens (primary N) is 2. The van der Waals surface area contributed by atoms with Crippen molar-refractivity contribution >= 4 is 39.7 Å². The highest BCUT2D eigenvalue weighted by atomic mass is 35.5. The van der Waals surface area contributed by atoms with Gasteiger partial charge >= 0.3 is 0 Å². The molecule has 2 saturated heterocycles. The molecule has 178 valence electrons. The van der Waals surface area contributed by atoms with Gasteiger partial charge in [0.2, 0.25) is 0 Å². The second kappa shape index (κ2) is 8.25. The van der Waals surface area contributed by atoms with Crippen LogP contribution < -0.4 is 21.1 Å². The van der Waals surface area contributed by atoms with Crippen LogP contribution in [0.2, 0.25) is 5.02 Å². The third kappa shape index (κ3) is 3.98. The minimum absolute atomic E-state index is 0.331. The molecule has 2 fully saturated rings. The van der Waals surface area contributed by atoms with Gasteiger partial charge in [-0.25, -0.2) is 9.97 Å². The monoisotopic (exact) mass is 487 g/mol. The Kier molecular flexibility index (Phi) is 5.16. The van der Waals surface area contributed by atoms with Crippen molar-refractivity contribution in [1.82, 2.24) is 19.9 Å². The molecule has 0 radical (unpaired) electrons. The van der Waals surface area contributed by atoms with Crippen molar-refractivity contribution < 1.29 is 4.74 Å². The minimum atomic E-state index is 0.331. The highest BCUT2D eigenvalue weighted by Crippen LogP contribution is 2.44. The van der Waals surface area contributed by atoms with Crippen LogP contribution in [0.1, 0.15) is 5.69 Å². The normalized spacial score (nSPS) is 16.8. The first-order valence-corrected chi connectivity index (χ1v) is 11.9. The first-order chi connectivity index (χ1) is 16.9. The maximum absolute atomic E-state index is 6.51. The highest BCUT2D eigenvalue weighted by Gasteiger charge is 2.50. The molecule has 2 aromatic carbocycles. The molecule has 2 aliphatic rings. The molecular weight excluding hydrogens is 462 g/mol. The number of anilines is 3. The lowest BCUT2D eigenvalue weighted by atomic mass is 9.73. The van der Waals surface area contributed by atoms with E-state index in [9.17, 15) is 0 Å². The van der Waals surface area contributed by atoms with Gasteiger partial charge in [0.1, 0.15) is 18.2 Å². The fourth-order valence-corrected chi connectivity index (χ4v) is 5.47. The smallest absolute Gasteiger partial charge is 0.162 e. The van der Waals surface area contributed by atoms with E-state index in [0.29, 0.717) is 40.1 Å². The summed E-state index contributed by atoms with van der Waals surface area (Å²) in [4.78, 5) is 18.3. The molecule has 0 unspecified atom stereocenters. The molecule has 8 nitrogen and oxygen atoms in total. The van der Waals surface area contributed by atoms with Crippen molar-refractivity contribution in [3.8, 4) is 17.1 Å². The van der Waals surface area contributed by atoms with Crippen LogP contribution >= 0.6 is 11.6 Å². The zero-order valence-corrected chi connectivity index (χ0v) is 20.2. The Bertz CT molecular complexity index is 1410. The molecule has 2 aliphatic heterocycles. The Morgan fingerprint density at radius 1 is 1.03 bits per heavy atom. The molecule has 6 rings (SSSR count). The van der Waals surface area contributed by atoms with Gasteiger partial charge in [0.05, 0.1) is 27.6 Å². The molecular formula is C26H26ClN7O. The summed E-state index contributed by atoms with van der Waals surface area (Å²) >= 11 is 6.51. The summed E-state index contributed by atoms with van der Waals surface area (Å²) in [6.07, 6.45) is 1.73. The van der Waals surface area contributed by atoms with Gasteiger partial charge in [-0.05, 0) is 49.5 Å². The van der Waals surface area contributed by atoms with Gasteiger partial charge in [0.15, 0.2) is 5.82 Å². The van der Waals surface area contributed by atoms with E-state index in [-0.39, 0.29) is 0 Å². The van der Waals surface area contributed by atoms with Gasteiger partial charge in [-0.1, -0.05) is 17.7 Å². The number of halogens is 1. The topological polar surface area (TPSA) is 106 Å². The average Bonchev–Trinajstić information content (AvgIpc) is 2.80. The number of hydrogen-bond acceptors (Lipinski definition) is 8. The lowest BCUT2D eigenvalue weighted by molar-refractivity contribution is -0.00230. The van der Waals surface area contributed by atoms with Gasteiger partial charge in [-0.2, -0.15) is 0 Å². The van der Waals surface area contributed by atoms with E-state index >= 15 is 0 Å². The lowest BCUT2D eigenvalue weighted by Crippen LogP contribution is -2.71. The quantitative estimate of drug-likeness (QED) is 0.409. The highest BCUT2D eigenvalue weighted by molar-refractivity contribution is 6.32. The summed E-state index contributed by atoms with van der Waals surface area (Å²) in [7, 11) is 2.16. The zero-order valence-electron chi connectivity index (χ0n) is 19.4. The lowest BCUT2D eigenvalue weighted by Gasteiger charge is -2.60. The number of aromatic nitrogens is 3. The fourth-order valence-electron chi connectivity index (χ4n) is 5.23. The number of likely N-dealkylation sites (tertiary alicyclic amines) is 1. The van der Waals surface area contributed by atoms with Crippen LogP contribution in [0, 0.1) is 5.41 Å². The predicted molar refractivity (Wildman–Crippen MR) is 140 cm³/mol. The fraction of sp³-hybridized carbons (Fsp3) is 0.269. The van der Waals surface area contributed by atoms with Crippen LogP contribution in [0.5, 0.6) is 5.75 Å². The summed E-state index contributed by atoms with van der Waals surface area (Å²) in [6, 6.07) is 15.1. The first-order valence-electron chi connectivity index (χ1n) is 11.5. The summed E-state index contributed by atoms with van der Waals surface area (Å²) < 4.78 is 5.84. The largest absolute Gasteiger partial charge is 0.486 e. The molecule has 0 aliphatic carbocycles. The van der Waals surface area contributed by atoms with Crippen molar-refractivity contribution in [2.24, 2.45) is 5.41 Å². The number of fused-ring (bicyclic) bond motifs is 1. The van der Waals surface area contributed by atoms with E-state index < -0.39 is 0 Å². The number of hydrogen-bond donors (Lipinski definition) is 2. The maximum Gasteiger partial charge on any atom is 0.162 e. The van der Waals surface area contributed by atoms with Crippen molar-refractivity contribution in [3.05, 3.63) is 65.4 Å². The van der Waals surface area contributed by atoms with Crippen LogP contribution in [0.25, 0.3) is 22.3 Å². The minimum Gasteiger partial charge on any atom is -0.486 e. The predicted octanol–water partition coefficient (Wildman–Crippen LogP) is 3.84. The van der Waals surface area contributed by atoms with Crippen molar-refractivity contribution in [2.45, 2.75) is 6.61 Å². The molecule has 1 spiro atoms. The van der Waals surface area contributed by atoms with Gasteiger partial charge in [0.25, 0.3) is 0 Å². The molecule has 4 N–H and O–H groups in total. The number of nitrogen functional groups attached to an aromatic ring is 2. The van der Waals surface area contributed by atoms with Gasteiger partial charge in [0, 0.05) is 48.7 Å². The van der Waals surface area contributed by atoms with E-state index in [0.717, 1.165) is 54.0 Å². The van der Waals surface area contributed by atoms with E-state index in [1.54, 1.807) is 12.3 Å². The summed E-state index contributed by atoms with van der Waals surface area (Å²) in [5, 5.41) is 1.21. The summed E-state index contributed by atoms with van der Waals surface area (Å²) in [5.74, 6) is 1.46. The van der Waals surface area contributed by atoms with E-state index in [1.807, 2.05) is 42.5 Å². The van der Waals surface area contributed by atoms with Crippen LogP contribution in [0.4, 0.5) is 17.2 Å². The zero-order chi connectivity index (χ0) is 24.2. The van der Waals surface area contributed by atoms with Crippen molar-refractivity contribution in [1.29, 1.82) is 0 Å². The molecule has 9 heteroatoms. The standard InChI is InChI=1S/C26H26ClN7O/c1-33-12-26(13-33)14-34(15-26)22-10-21-18(9-20(22)28)24(29)32-25(31-21)16-5-6-23(19(27)8-16)35-11-17-4-2-3-7-30-17/h2-10H,11-15,28H2,1H3,(H2,29,31,32). The maximum atomic E-state index is 6.51. The Labute approximate surface area is 208 Å². The molecule has 0 amide bonds. The van der Waals surface area contributed by atoms with E-state index in [1.165, 1.54) is 0 Å². The first kappa shape index (κ1) is 21.9. The molecule has 0 bridgehead atoms. The van der Waals surface area contributed by atoms with Crippen LogP contribution in [0.15, 0.2) is 54.7 Å². The Hall–Kier alpha value is -3.62. The number of rotatable bonds is 5. The van der Waals surface area contributed by atoms with Gasteiger partial charge in [-0.15, -0.1) is 0 Å². The number of nitrogens with zero attached hydrogens (tertiary/aromatic N) is 5. The second-order valence-corrected chi connectivity index (χ2v) is 10.1. The molecule has 35 heavy (non-hydrogen) atoms. The van der Waals surface area contributed by atoms with Crippen molar-refractivity contribution in [2.75, 3.05) is 49.6 Å².